The maximum atomic E-state index is 12.6. The zero-order valence-corrected chi connectivity index (χ0v) is 17.6. The van der Waals surface area contributed by atoms with Gasteiger partial charge in [-0.25, -0.2) is 10.2 Å². The molecule has 0 unspecified atom stereocenters. The van der Waals surface area contributed by atoms with E-state index < -0.39 is 17.8 Å². The van der Waals surface area contributed by atoms with Crippen molar-refractivity contribution in [1.82, 2.24) is 16.3 Å². The Morgan fingerprint density at radius 2 is 1.87 bits per heavy atom. The molecule has 0 aliphatic heterocycles. The van der Waals surface area contributed by atoms with E-state index in [1.54, 1.807) is 31.2 Å². The lowest BCUT2D eigenvalue weighted by Gasteiger charge is -2.29. The van der Waals surface area contributed by atoms with Crippen LogP contribution in [0.3, 0.4) is 0 Å². The monoisotopic (exact) mass is 427 g/mol. The SMILES string of the molecule is Cc1c(C(=O)NNC(=O)COc2ccccc2)oc2c1/C(=N\NC(N)=O)CC(C)(C)C2. The largest absolute Gasteiger partial charge is 0.484 e. The second kappa shape index (κ2) is 8.90. The van der Waals surface area contributed by atoms with E-state index in [1.807, 2.05) is 19.9 Å². The van der Waals surface area contributed by atoms with Crippen LogP contribution in [0.1, 0.15) is 47.7 Å². The van der Waals surface area contributed by atoms with E-state index in [2.05, 4.69) is 21.4 Å². The fourth-order valence-corrected chi connectivity index (χ4v) is 3.43. The fourth-order valence-electron chi connectivity index (χ4n) is 3.43. The average Bonchev–Trinajstić information content (AvgIpc) is 3.04. The molecule has 0 bridgehead atoms. The third-order valence-electron chi connectivity index (χ3n) is 4.73. The molecule has 0 atom stereocenters. The van der Waals surface area contributed by atoms with Gasteiger partial charge in [-0.2, -0.15) is 5.10 Å². The Morgan fingerprint density at radius 3 is 2.55 bits per heavy atom. The van der Waals surface area contributed by atoms with Crippen molar-refractivity contribution in [1.29, 1.82) is 0 Å². The Morgan fingerprint density at radius 1 is 1.16 bits per heavy atom. The van der Waals surface area contributed by atoms with Crippen molar-refractivity contribution in [2.24, 2.45) is 16.3 Å². The number of carbonyl (C=O) groups excluding carboxylic acids is 3. The minimum Gasteiger partial charge on any atom is -0.484 e. The number of carbonyl (C=O) groups is 3. The molecule has 1 aromatic carbocycles. The molecule has 1 aromatic heterocycles. The number of nitrogens with two attached hydrogens (primary N) is 1. The summed E-state index contributed by atoms with van der Waals surface area (Å²) >= 11 is 0. The second-order valence-electron chi connectivity index (χ2n) is 8.01. The standard InChI is InChI=1S/C21H25N5O5/c1-12-17-14(23-26-20(22)29)9-21(2,3)10-15(17)31-18(12)19(28)25-24-16(27)11-30-13-7-5-4-6-8-13/h4-8H,9-11H2,1-3H3,(H,24,27)(H,25,28)(H3,22,26,29)/b23-14-. The second-order valence-corrected chi connectivity index (χ2v) is 8.01. The van der Waals surface area contributed by atoms with Crippen molar-refractivity contribution in [3.05, 3.63) is 53.0 Å². The summed E-state index contributed by atoms with van der Waals surface area (Å²) in [5.41, 5.74) is 13.6. The molecule has 1 aliphatic carbocycles. The molecule has 0 radical (unpaired) electrons. The number of furan rings is 1. The molecular weight excluding hydrogens is 402 g/mol. The lowest BCUT2D eigenvalue weighted by molar-refractivity contribution is -0.123. The van der Waals surface area contributed by atoms with E-state index in [1.165, 1.54) is 0 Å². The third kappa shape index (κ3) is 5.41. The van der Waals surface area contributed by atoms with Crippen molar-refractivity contribution in [3.63, 3.8) is 0 Å². The van der Waals surface area contributed by atoms with E-state index in [-0.39, 0.29) is 17.8 Å². The number of nitrogens with one attached hydrogen (secondary N) is 3. The molecule has 10 heteroatoms. The van der Waals surface area contributed by atoms with Crippen molar-refractivity contribution < 1.29 is 23.5 Å². The molecule has 0 saturated carbocycles. The summed E-state index contributed by atoms with van der Waals surface area (Å²) in [7, 11) is 0. The number of amides is 4. The van der Waals surface area contributed by atoms with E-state index in [4.69, 9.17) is 14.9 Å². The lowest BCUT2D eigenvalue weighted by atomic mass is 9.75. The van der Waals surface area contributed by atoms with Gasteiger partial charge in [-0.15, -0.1) is 0 Å². The first-order valence-corrected chi connectivity index (χ1v) is 9.68. The number of hydrazone groups is 1. The van der Waals surface area contributed by atoms with Crippen LogP contribution in [0.5, 0.6) is 5.75 Å². The van der Waals surface area contributed by atoms with Gasteiger partial charge in [0.1, 0.15) is 11.5 Å². The van der Waals surface area contributed by atoms with Crippen molar-refractivity contribution in [2.75, 3.05) is 6.61 Å². The summed E-state index contributed by atoms with van der Waals surface area (Å²) in [6.45, 7) is 5.51. The highest BCUT2D eigenvalue weighted by Crippen LogP contribution is 2.38. The number of fused-ring (bicyclic) bond motifs is 1. The Labute approximate surface area is 179 Å². The van der Waals surface area contributed by atoms with Gasteiger partial charge in [0.15, 0.2) is 12.4 Å². The Hall–Kier alpha value is -3.82. The topological polar surface area (TPSA) is 148 Å². The van der Waals surface area contributed by atoms with Crippen LogP contribution in [0, 0.1) is 12.3 Å². The summed E-state index contributed by atoms with van der Waals surface area (Å²) in [6.07, 6.45) is 1.15. The maximum absolute atomic E-state index is 12.6. The number of benzene rings is 1. The van der Waals surface area contributed by atoms with Crippen molar-refractivity contribution in [3.8, 4) is 5.75 Å². The molecule has 164 valence electrons. The fraction of sp³-hybridized carbons (Fsp3) is 0.333. The highest BCUT2D eigenvalue weighted by Gasteiger charge is 2.36. The van der Waals surface area contributed by atoms with Gasteiger partial charge in [-0.3, -0.25) is 20.4 Å². The minimum atomic E-state index is -0.781. The molecule has 3 rings (SSSR count). The first kappa shape index (κ1) is 21.9. The summed E-state index contributed by atoms with van der Waals surface area (Å²) < 4.78 is 11.1. The molecule has 1 aliphatic rings. The Balaban J connectivity index is 1.69. The predicted octanol–water partition coefficient (Wildman–Crippen LogP) is 1.77. The highest BCUT2D eigenvalue weighted by atomic mass is 16.5. The van der Waals surface area contributed by atoms with Gasteiger partial charge in [-0.05, 0) is 30.9 Å². The summed E-state index contributed by atoms with van der Waals surface area (Å²) in [5.74, 6) is 0.0409. The van der Waals surface area contributed by atoms with Crippen LogP contribution in [0.25, 0.3) is 0 Å². The average molecular weight is 427 g/mol. The van der Waals surface area contributed by atoms with Crippen molar-refractivity contribution >= 4 is 23.6 Å². The first-order chi connectivity index (χ1) is 14.7. The third-order valence-corrected chi connectivity index (χ3v) is 4.73. The van der Waals surface area contributed by atoms with Gasteiger partial charge in [0.25, 0.3) is 5.91 Å². The van der Waals surface area contributed by atoms with Crippen LogP contribution in [-0.2, 0) is 11.2 Å². The smallest absolute Gasteiger partial charge is 0.332 e. The van der Waals surface area contributed by atoms with Gasteiger partial charge in [-0.1, -0.05) is 32.0 Å². The number of hydrogen-bond acceptors (Lipinski definition) is 6. The molecule has 10 nitrogen and oxygen atoms in total. The zero-order valence-electron chi connectivity index (χ0n) is 17.6. The normalized spacial score (nSPS) is 15.6. The molecule has 31 heavy (non-hydrogen) atoms. The van der Waals surface area contributed by atoms with Crippen LogP contribution in [-0.4, -0.2) is 30.2 Å². The quantitative estimate of drug-likeness (QED) is 0.537. The maximum Gasteiger partial charge on any atom is 0.332 e. The molecule has 0 saturated heterocycles. The highest BCUT2D eigenvalue weighted by molar-refractivity contribution is 6.07. The molecule has 4 amide bonds. The molecule has 0 fully saturated rings. The van der Waals surface area contributed by atoms with Gasteiger partial charge in [0, 0.05) is 17.5 Å². The number of urea groups is 1. The minimum absolute atomic E-state index is 0.0544. The molecule has 2 aromatic rings. The van der Waals surface area contributed by atoms with Gasteiger partial charge in [0.2, 0.25) is 0 Å². The van der Waals surface area contributed by atoms with E-state index in [0.29, 0.717) is 41.2 Å². The number of ether oxygens (including phenoxy) is 1. The summed E-state index contributed by atoms with van der Waals surface area (Å²) in [6, 6.07) is 8.06. The zero-order chi connectivity index (χ0) is 22.6. The van der Waals surface area contributed by atoms with E-state index in [0.717, 1.165) is 0 Å². The molecule has 5 N–H and O–H groups in total. The van der Waals surface area contributed by atoms with Gasteiger partial charge < -0.3 is 14.9 Å². The van der Waals surface area contributed by atoms with Crippen molar-refractivity contribution in [2.45, 2.75) is 33.6 Å². The number of primary amides is 1. The van der Waals surface area contributed by atoms with Crippen LogP contribution in [0.4, 0.5) is 4.79 Å². The van der Waals surface area contributed by atoms with Gasteiger partial charge >= 0.3 is 11.9 Å². The Bertz CT molecular complexity index is 1030. The lowest BCUT2D eigenvalue weighted by Crippen LogP contribution is -2.43. The number of hydrogen-bond donors (Lipinski definition) is 4. The number of rotatable bonds is 5. The summed E-state index contributed by atoms with van der Waals surface area (Å²) in [5, 5.41) is 4.09. The summed E-state index contributed by atoms with van der Waals surface area (Å²) in [4.78, 5) is 35.6. The number of hydrazine groups is 1. The number of para-hydroxylation sites is 1. The molecular formula is C21H25N5O5. The predicted molar refractivity (Wildman–Crippen MR) is 112 cm³/mol. The van der Waals surface area contributed by atoms with Crippen LogP contribution in [0.2, 0.25) is 0 Å². The molecule has 1 heterocycles. The van der Waals surface area contributed by atoms with Crippen LogP contribution in [0.15, 0.2) is 39.9 Å². The van der Waals surface area contributed by atoms with Crippen LogP contribution >= 0.6 is 0 Å². The molecule has 0 spiro atoms. The Kier molecular flexibility index (Phi) is 6.28. The van der Waals surface area contributed by atoms with E-state index >= 15 is 0 Å². The van der Waals surface area contributed by atoms with Gasteiger partial charge in [0.05, 0.1) is 5.71 Å². The van der Waals surface area contributed by atoms with Crippen LogP contribution < -0.4 is 26.7 Å². The number of nitrogens with zero attached hydrogens (tertiary/aromatic N) is 1. The van der Waals surface area contributed by atoms with E-state index in [9.17, 15) is 14.4 Å². The first-order valence-electron chi connectivity index (χ1n) is 9.68.